The van der Waals surface area contributed by atoms with Gasteiger partial charge in [-0.25, -0.2) is 0 Å². The summed E-state index contributed by atoms with van der Waals surface area (Å²) in [5, 5.41) is 0. The summed E-state index contributed by atoms with van der Waals surface area (Å²) in [6, 6.07) is 26.2. The van der Waals surface area contributed by atoms with E-state index in [0.29, 0.717) is 0 Å². The van der Waals surface area contributed by atoms with Crippen molar-refractivity contribution < 1.29 is 0 Å². The summed E-state index contributed by atoms with van der Waals surface area (Å²) in [6.07, 6.45) is 4.00. The summed E-state index contributed by atoms with van der Waals surface area (Å²) in [5.74, 6) is 0. The van der Waals surface area contributed by atoms with E-state index in [1.807, 2.05) is 26.0 Å². The molecule has 0 bridgehead atoms. The van der Waals surface area contributed by atoms with Crippen LogP contribution in [0.4, 0.5) is 0 Å². The molecule has 27 heavy (non-hydrogen) atoms. The van der Waals surface area contributed by atoms with E-state index in [2.05, 4.69) is 86.0 Å². The Morgan fingerprint density at radius 1 is 0.593 bits per heavy atom. The largest absolute Gasteiger partial charge is 0.0987 e. The van der Waals surface area contributed by atoms with Crippen LogP contribution in [0.3, 0.4) is 0 Å². The zero-order chi connectivity index (χ0) is 19.0. The van der Waals surface area contributed by atoms with Crippen LogP contribution in [0.2, 0.25) is 0 Å². The first-order valence-corrected chi connectivity index (χ1v) is 9.63. The number of hydrogen-bond donors (Lipinski definition) is 0. The average molecular weight is 348 g/mol. The number of benzene rings is 3. The minimum Gasteiger partial charge on any atom is -0.0987 e. The second-order valence-electron chi connectivity index (χ2n) is 6.62. The van der Waals surface area contributed by atoms with Crippen molar-refractivity contribution in [3.63, 3.8) is 0 Å². The van der Waals surface area contributed by atoms with E-state index < -0.39 is 0 Å². The van der Waals surface area contributed by atoms with Gasteiger partial charge in [0.1, 0.15) is 0 Å². The van der Waals surface area contributed by atoms with E-state index in [0.717, 1.165) is 0 Å². The van der Waals surface area contributed by atoms with Crippen LogP contribution in [0.5, 0.6) is 0 Å². The van der Waals surface area contributed by atoms with Gasteiger partial charge >= 0.3 is 0 Å². The molecule has 0 saturated carbocycles. The molecule has 0 nitrogen and oxygen atoms in total. The second-order valence-corrected chi connectivity index (χ2v) is 6.62. The Kier molecular flexibility index (Phi) is 4.20. The molecule has 0 atom stereocenters. The molecule has 2 aliphatic carbocycles. The molecule has 2 aliphatic rings. The highest BCUT2D eigenvalue weighted by atomic mass is 14.5. The Morgan fingerprint density at radius 2 is 1.00 bits per heavy atom. The van der Waals surface area contributed by atoms with Gasteiger partial charge in [-0.05, 0) is 44.5 Å². The molecule has 0 fully saturated rings. The van der Waals surface area contributed by atoms with E-state index in [1.54, 1.807) is 0 Å². The predicted octanol–water partition coefficient (Wildman–Crippen LogP) is 7.17. The van der Waals surface area contributed by atoms with Crippen molar-refractivity contribution >= 4 is 5.57 Å². The summed E-state index contributed by atoms with van der Waals surface area (Å²) in [5.41, 5.74) is 10.1. The second kappa shape index (κ2) is 6.55. The molecule has 3 aromatic carbocycles. The Balaban J connectivity index is 0.000000872. The van der Waals surface area contributed by atoms with Gasteiger partial charge in [-0.3, -0.25) is 0 Å². The fourth-order valence-electron chi connectivity index (χ4n) is 4.84. The Labute approximate surface area is 162 Å². The third kappa shape index (κ3) is 2.04. The van der Waals surface area contributed by atoms with Gasteiger partial charge in [0.25, 0.3) is 0 Å². The smallest absolute Gasteiger partial charge is 0.0725 e. The van der Waals surface area contributed by atoms with Crippen molar-refractivity contribution in [3.8, 4) is 11.1 Å². The molecule has 132 valence electrons. The molecular formula is C27H24. The minimum atomic E-state index is -0.283. The maximum atomic E-state index is 4.18. The normalized spacial score (nSPS) is 14.7. The molecule has 0 N–H and O–H groups in total. The van der Waals surface area contributed by atoms with Gasteiger partial charge in [0.2, 0.25) is 0 Å². The summed E-state index contributed by atoms with van der Waals surface area (Å²) in [4.78, 5) is 0. The van der Waals surface area contributed by atoms with Gasteiger partial charge in [0.05, 0.1) is 5.41 Å². The number of fused-ring (bicyclic) bond motifs is 7. The summed E-state index contributed by atoms with van der Waals surface area (Å²) < 4.78 is 0. The van der Waals surface area contributed by atoms with Crippen molar-refractivity contribution in [2.75, 3.05) is 0 Å². The molecule has 1 spiro atoms. The molecule has 5 rings (SSSR count). The van der Waals surface area contributed by atoms with Gasteiger partial charge in [-0.15, -0.1) is 0 Å². The van der Waals surface area contributed by atoms with Crippen molar-refractivity contribution in [2.45, 2.75) is 19.3 Å². The van der Waals surface area contributed by atoms with Gasteiger partial charge in [-0.1, -0.05) is 112 Å². The van der Waals surface area contributed by atoms with E-state index in [4.69, 9.17) is 0 Å². The maximum Gasteiger partial charge on any atom is 0.0725 e. The van der Waals surface area contributed by atoms with Crippen LogP contribution < -0.4 is 0 Å². The first kappa shape index (κ1) is 17.3. The summed E-state index contributed by atoms with van der Waals surface area (Å²) in [6.45, 7) is 12.3. The zero-order valence-corrected chi connectivity index (χ0v) is 16.0. The molecule has 3 aromatic rings. The highest BCUT2D eigenvalue weighted by Gasteiger charge is 2.51. The van der Waals surface area contributed by atoms with Crippen molar-refractivity contribution in [2.24, 2.45) is 0 Å². The summed E-state index contributed by atoms with van der Waals surface area (Å²) >= 11 is 0. The van der Waals surface area contributed by atoms with Crippen LogP contribution in [0.15, 0.2) is 104 Å². The van der Waals surface area contributed by atoms with Gasteiger partial charge < -0.3 is 0 Å². The lowest BCUT2D eigenvalue weighted by Crippen LogP contribution is -2.26. The number of rotatable bonds is 2. The van der Waals surface area contributed by atoms with Crippen LogP contribution in [-0.2, 0) is 5.41 Å². The van der Waals surface area contributed by atoms with Crippen LogP contribution in [-0.4, -0.2) is 0 Å². The third-order valence-corrected chi connectivity index (χ3v) is 5.68. The van der Waals surface area contributed by atoms with E-state index in [1.165, 1.54) is 44.5 Å². The molecule has 0 aromatic heterocycles. The lowest BCUT2D eigenvalue weighted by Gasteiger charge is -2.31. The lowest BCUT2D eigenvalue weighted by molar-refractivity contribution is 0.787. The van der Waals surface area contributed by atoms with Crippen LogP contribution >= 0.6 is 0 Å². The molecule has 0 aliphatic heterocycles. The third-order valence-electron chi connectivity index (χ3n) is 5.68. The SMILES string of the molecule is C=CC1=C(C=C)C2(c3ccccc31)c1ccccc1-c1ccccc12.CC. The first-order valence-electron chi connectivity index (χ1n) is 9.63. The first-order chi connectivity index (χ1) is 13.3. The molecule has 0 amide bonds. The standard InChI is InChI=1S/C25H18.C2H6/c1-3-17-18-11-5-8-14-22(18)25(21(17)4-2)23-15-9-6-12-19(23)20-13-7-10-16-24(20)25;1-2/h3-16H,1-2H2;1-2H3. The Bertz CT molecular complexity index is 1030. The van der Waals surface area contributed by atoms with Gasteiger partial charge in [0, 0.05) is 0 Å². The van der Waals surface area contributed by atoms with Crippen LogP contribution in [0, 0.1) is 0 Å². The lowest BCUT2D eigenvalue weighted by atomic mass is 9.69. The fourth-order valence-corrected chi connectivity index (χ4v) is 4.84. The monoisotopic (exact) mass is 348 g/mol. The van der Waals surface area contributed by atoms with E-state index >= 15 is 0 Å². The van der Waals surface area contributed by atoms with Gasteiger partial charge in [0.15, 0.2) is 0 Å². The molecule has 0 radical (unpaired) electrons. The minimum absolute atomic E-state index is 0.283. The molecule has 0 unspecified atom stereocenters. The predicted molar refractivity (Wildman–Crippen MR) is 117 cm³/mol. The molecular weight excluding hydrogens is 324 g/mol. The van der Waals surface area contributed by atoms with Crippen molar-refractivity contribution in [1.82, 2.24) is 0 Å². The zero-order valence-electron chi connectivity index (χ0n) is 16.0. The van der Waals surface area contributed by atoms with Gasteiger partial charge in [-0.2, -0.15) is 0 Å². The van der Waals surface area contributed by atoms with Crippen LogP contribution in [0.1, 0.15) is 36.1 Å². The topological polar surface area (TPSA) is 0 Å². The summed E-state index contributed by atoms with van der Waals surface area (Å²) in [7, 11) is 0. The van der Waals surface area contributed by atoms with Crippen molar-refractivity contribution in [3.05, 3.63) is 126 Å². The molecule has 0 heteroatoms. The Morgan fingerprint density at radius 3 is 1.44 bits per heavy atom. The van der Waals surface area contributed by atoms with Crippen molar-refractivity contribution in [1.29, 1.82) is 0 Å². The quantitative estimate of drug-likeness (QED) is 0.460. The maximum absolute atomic E-state index is 4.18. The highest BCUT2D eigenvalue weighted by Crippen LogP contribution is 2.61. The fraction of sp³-hybridized carbons (Fsp3) is 0.111. The van der Waals surface area contributed by atoms with E-state index in [-0.39, 0.29) is 5.41 Å². The number of allylic oxidation sites excluding steroid dienone is 4. The number of hydrogen-bond acceptors (Lipinski definition) is 0. The highest BCUT2D eigenvalue weighted by molar-refractivity contribution is 5.97. The van der Waals surface area contributed by atoms with E-state index in [9.17, 15) is 0 Å². The average Bonchev–Trinajstić information content (AvgIpc) is 3.21. The molecule has 0 saturated heterocycles. The van der Waals surface area contributed by atoms with Crippen LogP contribution in [0.25, 0.3) is 16.7 Å². The Hall–Kier alpha value is -3.12. The molecule has 0 heterocycles.